The van der Waals surface area contributed by atoms with E-state index in [9.17, 15) is 9.18 Å². The molecule has 1 heterocycles. The summed E-state index contributed by atoms with van der Waals surface area (Å²) in [5, 5.41) is 7.07. The van der Waals surface area contributed by atoms with Gasteiger partial charge in [-0.3, -0.25) is 4.79 Å². The SMILES string of the molecule is CC.COc1cc2ncnc(Nc3ccc(F)c(Cl)c3)c2cc1NC(=O)/C=C/CBr. The van der Waals surface area contributed by atoms with Gasteiger partial charge in [0.05, 0.1) is 23.3 Å². The van der Waals surface area contributed by atoms with E-state index >= 15 is 0 Å². The second-order valence-electron chi connectivity index (χ2n) is 5.59. The third kappa shape index (κ3) is 5.90. The molecule has 6 nitrogen and oxygen atoms in total. The van der Waals surface area contributed by atoms with Crippen molar-refractivity contribution >= 4 is 61.5 Å². The largest absolute Gasteiger partial charge is 0.494 e. The Hall–Kier alpha value is -2.71. The van der Waals surface area contributed by atoms with Crippen molar-refractivity contribution in [2.24, 2.45) is 0 Å². The van der Waals surface area contributed by atoms with Gasteiger partial charge in [0.1, 0.15) is 23.7 Å². The first-order valence-electron chi connectivity index (χ1n) is 9.10. The summed E-state index contributed by atoms with van der Waals surface area (Å²) >= 11 is 9.07. The lowest BCUT2D eigenvalue weighted by molar-refractivity contribution is -0.111. The van der Waals surface area contributed by atoms with Crippen molar-refractivity contribution in [3.8, 4) is 5.75 Å². The number of methoxy groups -OCH3 is 1. The molecule has 2 N–H and O–H groups in total. The first-order chi connectivity index (χ1) is 14.5. The molecule has 1 amide bonds. The molecule has 0 bridgehead atoms. The van der Waals surface area contributed by atoms with Gasteiger partial charge in [-0.25, -0.2) is 14.4 Å². The number of alkyl halides is 1. The Morgan fingerprint density at radius 3 is 2.70 bits per heavy atom. The van der Waals surface area contributed by atoms with Crippen LogP contribution in [-0.2, 0) is 4.79 Å². The van der Waals surface area contributed by atoms with E-state index in [1.807, 2.05) is 13.8 Å². The maximum absolute atomic E-state index is 13.4. The maximum atomic E-state index is 13.4. The average Bonchev–Trinajstić information content (AvgIpc) is 2.76. The standard InChI is InChI=1S/C19H15BrClFN4O2.C2H6/c1-28-17-9-15-12(8-16(17)26-18(27)3-2-6-20)19(24-10-23-15)25-11-4-5-14(22)13(21)7-11;1-2/h2-5,7-10H,6H2,1H3,(H,26,27)(H,23,24,25);1-2H3/b3-2+;. The number of hydrogen-bond acceptors (Lipinski definition) is 5. The van der Waals surface area contributed by atoms with E-state index in [-0.39, 0.29) is 10.9 Å². The van der Waals surface area contributed by atoms with Crippen LogP contribution in [0.5, 0.6) is 5.75 Å². The zero-order valence-electron chi connectivity index (χ0n) is 16.7. The zero-order valence-corrected chi connectivity index (χ0v) is 19.0. The van der Waals surface area contributed by atoms with Crippen LogP contribution in [0.2, 0.25) is 5.02 Å². The highest BCUT2D eigenvalue weighted by Crippen LogP contribution is 2.33. The Morgan fingerprint density at radius 2 is 2.03 bits per heavy atom. The van der Waals surface area contributed by atoms with Crippen LogP contribution in [0.25, 0.3) is 10.9 Å². The fourth-order valence-electron chi connectivity index (χ4n) is 2.49. The van der Waals surface area contributed by atoms with Gasteiger partial charge in [0.2, 0.25) is 5.91 Å². The summed E-state index contributed by atoms with van der Waals surface area (Å²) in [4.78, 5) is 20.5. The highest BCUT2D eigenvalue weighted by molar-refractivity contribution is 9.09. The fourth-order valence-corrected chi connectivity index (χ4v) is 2.85. The summed E-state index contributed by atoms with van der Waals surface area (Å²) in [6.45, 7) is 4.00. The van der Waals surface area contributed by atoms with Gasteiger partial charge >= 0.3 is 0 Å². The average molecular weight is 496 g/mol. The number of nitrogens with zero attached hydrogens (tertiary/aromatic N) is 2. The summed E-state index contributed by atoms with van der Waals surface area (Å²) in [5.74, 6) is 0.129. The van der Waals surface area contributed by atoms with Gasteiger partial charge < -0.3 is 15.4 Å². The van der Waals surface area contributed by atoms with Crippen LogP contribution < -0.4 is 15.4 Å². The molecule has 0 saturated carbocycles. The minimum atomic E-state index is -0.508. The fraction of sp³-hybridized carbons (Fsp3) is 0.190. The number of benzene rings is 2. The molecule has 0 unspecified atom stereocenters. The molecule has 0 aliphatic rings. The molecule has 0 aliphatic heterocycles. The van der Waals surface area contributed by atoms with Gasteiger partial charge in [-0.05, 0) is 24.3 Å². The lowest BCUT2D eigenvalue weighted by Crippen LogP contribution is -2.09. The molecule has 0 aliphatic carbocycles. The van der Waals surface area contributed by atoms with Crippen LogP contribution in [-0.4, -0.2) is 28.3 Å². The van der Waals surface area contributed by atoms with Crippen LogP contribution in [0.4, 0.5) is 21.6 Å². The number of ether oxygens (including phenoxy) is 1. The van der Waals surface area contributed by atoms with Crippen molar-refractivity contribution in [2.45, 2.75) is 13.8 Å². The number of carbonyl (C=O) groups is 1. The van der Waals surface area contributed by atoms with Crippen molar-refractivity contribution in [1.29, 1.82) is 0 Å². The Labute approximate surface area is 187 Å². The second-order valence-corrected chi connectivity index (χ2v) is 6.65. The van der Waals surface area contributed by atoms with Gasteiger partial charge in [-0.2, -0.15) is 0 Å². The lowest BCUT2D eigenvalue weighted by Gasteiger charge is -2.13. The summed E-state index contributed by atoms with van der Waals surface area (Å²) in [6.07, 6.45) is 4.49. The lowest BCUT2D eigenvalue weighted by atomic mass is 10.1. The van der Waals surface area contributed by atoms with Crippen LogP contribution in [0.15, 0.2) is 48.8 Å². The number of aromatic nitrogens is 2. The van der Waals surface area contributed by atoms with Crippen molar-refractivity contribution in [1.82, 2.24) is 9.97 Å². The van der Waals surface area contributed by atoms with Gasteiger partial charge in [0.15, 0.2) is 0 Å². The second kappa shape index (κ2) is 11.5. The predicted octanol–water partition coefficient (Wildman–Crippen LogP) is 6.09. The molecule has 158 valence electrons. The van der Waals surface area contributed by atoms with Crippen molar-refractivity contribution < 1.29 is 13.9 Å². The number of rotatable bonds is 6. The smallest absolute Gasteiger partial charge is 0.248 e. The summed E-state index contributed by atoms with van der Waals surface area (Å²) in [6, 6.07) is 7.68. The molecule has 3 aromatic rings. The summed E-state index contributed by atoms with van der Waals surface area (Å²) in [7, 11) is 1.51. The van der Waals surface area contributed by atoms with E-state index in [0.717, 1.165) is 0 Å². The van der Waals surface area contributed by atoms with Gasteiger partial charge in [0, 0.05) is 28.5 Å². The number of hydrogen-bond donors (Lipinski definition) is 2. The summed E-state index contributed by atoms with van der Waals surface area (Å²) < 4.78 is 18.7. The van der Waals surface area contributed by atoms with E-state index in [2.05, 4.69) is 36.5 Å². The Balaban J connectivity index is 0.00000155. The molecule has 0 radical (unpaired) electrons. The van der Waals surface area contributed by atoms with Crippen LogP contribution in [0.3, 0.4) is 0 Å². The molecule has 0 saturated heterocycles. The van der Waals surface area contributed by atoms with E-state index in [0.29, 0.717) is 39.2 Å². The van der Waals surface area contributed by atoms with E-state index in [1.54, 1.807) is 24.3 Å². The number of allylic oxidation sites excluding steroid dienone is 1. The molecule has 30 heavy (non-hydrogen) atoms. The number of nitrogens with one attached hydrogen (secondary N) is 2. The third-order valence-corrected chi connectivity index (χ3v) is 4.42. The Bertz CT molecular complexity index is 1060. The molecule has 3 rings (SSSR count). The van der Waals surface area contributed by atoms with Gasteiger partial charge in [0.25, 0.3) is 0 Å². The van der Waals surface area contributed by atoms with Gasteiger partial charge in [-0.1, -0.05) is 47.5 Å². The third-order valence-electron chi connectivity index (χ3n) is 3.76. The van der Waals surface area contributed by atoms with Crippen molar-refractivity contribution in [2.75, 3.05) is 23.1 Å². The van der Waals surface area contributed by atoms with Crippen molar-refractivity contribution in [3.05, 3.63) is 59.7 Å². The predicted molar refractivity (Wildman–Crippen MR) is 124 cm³/mol. The minimum Gasteiger partial charge on any atom is -0.494 e. The molecule has 0 atom stereocenters. The van der Waals surface area contributed by atoms with Crippen LogP contribution >= 0.6 is 27.5 Å². The van der Waals surface area contributed by atoms with E-state index in [1.165, 1.54) is 31.6 Å². The highest BCUT2D eigenvalue weighted by Gasteiger charge is 2.12. The number of anilines is 3. The highest BCUT2D eigenvalue weighted by atomic mass is 79.9. The molecule has 9 heteroatoms. The first kappa shape index (κ1) is 23.6. The normalized spacial score (nSPS) is 10.5. The number of amides is 1. The molecule has 0 fully saturated rings. The van der Waals surface area contributed by atoms with E-state index in [4.69, 9.17) is 16.3 Å². The topological polar surface area (TPSA) is 76.1 Å². The van der Waals surface area contributed by atoms with Crippen LogP contribution in [0.1, 0.15) is 13.8 Å². The monoisotopic (exact) mass is 494 g/mol. The van der Waals surface area contributed by atoms with Crippen LogP contribution in [0, 0.1) is 5.82 Å². The molecular formula is C21H21BrClFN4O2. The molecule has 1 aromatic heterocycles. The quantitative estimate of drug-likeness (QED) is 0.320. The zero-order chi connectivity index (χ0) is 22.1. The minimum absolute atomic E-state index is 0.00318. The molecule has 0 spiro atoms. The maximum Gasteiger partial charge on any atom is 0.248 e. The van der Waals surface area contributed by atoms with Gasteiger partial charge in [-0.15, -0.1) is 0 Å². The number of carbonyl (C=O) groups excluding carboxylic acids is 1. The first-order valence-corrected chi connectivity index (χ1v) is 10.6. The number of halogens is 3. The molecule has 2 aromatic carbocycles. The Morgan fingerprint density at radius 1 is 1.27 bits per heavy atom. The Kier molecular flexibility index (Phi) is 9.01. The summed E-state index contributed by atoms with van der Waals surface area (Å²) in [5.41, 5.74) is 1.64. The van der Waals surface area contributed by atoms with Crippen molar-refractivity contribution in [3.63, 3.8) is 0 Å². The van der Waals surface area contributed by atoms with E-state index < -0.39 is 5.82 Å². The molecular weight excluding hydrogens is 475 g/mol. The number of fused-ring (bicyclic) bond motifs is 1.